The molecule has 1 aromatic rings. The van der Waals surface area contributed by atoms with E-state index in [1.54, 1.807) is 11.8 Å². The van der Waals surface area contributed by atoms with Gasteiger partial charge in [-0.15, -0.1) is 0 Å². The monoisotopic (exact) mass is 257 g/mol. The Balaban J connectivity index is 2.58. The summed E-state index contributed by atoms with van der Waals surface area (Å²) in [7, 11) is 0. The van der Waals surface area contributed by atoms with Crippen molar-refractivity contribution in [2.45, 2.75) is 31.3 Å². The topological polar surface area (TPSA) is 94.3 Å². The predicted octanol–water partition coefficient (Wildman–Crippen LogP) is 1.16. The largest absolute Gasteiger partial charge is 0.455 e. The van der Waals surface area contributed by atoms with Crippen LogP contribution in [0.25, 0.3) is 0 Å². The predicted molar refractivity (Wildman–Crippen MR) is 69.5 cm³/mol. The van der Waals surface area contributed by atoms with Gasteiger partial charge in [0.05, 0.1) is 5.75 Å². The van der Waals surface area contributed by atoms with Crippen LogP contribution < -0.4 is 17.0 Å². The first kappa shape index (κ1) is 14.1. The second kappa shape index (κ2) is 6.68. The molecule has 96 valence electrons. The van der Waals surface area contributed by atoms with Gasteiger partial charge in [-0.05, 0) is 26.0 Å². The summed E-state index contributed by atoms with van der Waals surface area (Å²) in [5.41, 5.74) is 8.35. The van der Waals surface area contributed by atoms with Crippen molar-refractivity contribution in [3.8, 4) is 0 Å². The molecule has 1 rings (SSSR count). The summed E-state index contributed by atoms with van der Waals surface area (Å²) in [6.45, 7) is 4.64. The molecule has 5 nitrogen and oxygen atoms in total. The smallest absolute Gasteiger partial charge is 0.301 e. The van der Waals surface area contributed by atoms with Gasteiger partial charge < -0.3 is 10.2 Å². The summed E-state index contributed by atoms with van der Waals surface area (Å²) >= 11 is 1.76. The first-order valence-electron chi connectivity index (χ1n) is 5.50. The van der Waals surface area contributed by atoms with Gasteiger partial charge >= 0.3 is 5.91 Å². The molecule has 1 heterocycles. The molecule has 0 aliphatic carbocycles. The van der Waals surface area contributed by atoms with Crippen molar-refractivity contribution in [2.24, 2.45) is 11.6 Å². The summed E-state index contributed by atoms with van der Waals surface area (Å²) in [6, 6.07) is 1.87. The number of carbonyl (C=O) groups is 1. The van der Waals surface area contributed by atoms with Gasteiger partial charge in [0, 0.05) is 10.8 Å². The fraction of sp³-hybridized carbons (Fsp3) is 0.545. The van der Waals surface area contributed by atoms with Gasteiger partial charge in [0.1, 0.15) is 5.76 Å². The zero-order valence-corrected chi connectivity index (χ0v) is 11.0. The summed E-state index contributed by atoms with van der Waals surface area (Å²) < 4.78 is 5.45. The zero-order valence-electron chi connectivity index (χ0n) is 10.2. The van der Waals surface area contributed by atoms with Crippen LogP contribution in [0.5, 0.6) is 0 Å². The summed E-state index contributed by atoms with van der Waals surface area (Å²) in [6.07, 6.45) is 0.973. The van der Waals surface area contributed by atoms with Crippen LogP contribution in [0.15, 0.2) is 10.5 Å². The van der Waals surface area contributed by atoms with Crippen molar-refractivity contribution in [3.63, 3.8) is 0 Å². The standard InChI is InChI=1S/C11H19N3O2S/c1-7-5-9(6-17-8(2)3-4-12)16-10(7)11(15)14-13/h5,8H,3-4,6,12-13H2,1-2H3,(H,14,15). The Bertz CT molecular complexity index is 379. The number of thioether (sulfide) groups is 1. The molecule has 0 aromatic carbocycles. The minimum Gasteiger partial charge on any atom is -0.455 e. The van der Waals surface area contributed by atoms with Crippen LogP contribution >= 0.6 is 11.8 Å². The molecular weight excluding hydrogens is 238 g/mol. The Hall–Kier alpha value is -0.980. The average Bonchev–Trinajstić information content (AvgIpc) is 2.67. The molecule has 6 heteroatoms. The third-order valence-corrected chi connectivity index (χ3v) is 3.65. The highest BCUT2D eigenvalue weighted by atomic mass is 32.2. The fourth-order valence-electron chi connectivity index (χ4n) is 1.45. The fourth-order valence-corrected chi connectivity index (χ4v) is 2.35. The van der Waals surface area contributed by atoms with E-state index in [1.165, 1.54) is 0 Å². The molecule has 0 saturated heterocycles. The van der Waals surface area contributed by atoms with Crippen LogP contribution in [-0.2, 0) is 5.75 Å². The van der Waals surface area contributed by atoms with Crippen LogP contribution in [0, 0.1) is 6.92 Å². The lowest BCUT2D eigenvalue weighted by molar-refractivity contribution is 0.0923. The van der Waals surface area contributed by atoms with E-state index in [-0.39, 0.29) is 5.76 Å². The molecule has 1 aromatic heterocycles. The summed E-state index contributed by atoms with van der Waals surface area (Å²) in [4.78, 5) is 11.3. The number of rotatable bonds is 6. The van der Waals surface area contributed by atoms with E-state index in [4.69, 9.17) is 16.0 Å². The first-order chi connectivity index (χ1) is 8.08. The molecule has 1 atom stereocenters. The number of nitrogens with two attached hydrogens (primary N) is 2. The molecule has 0 radical (unpaired) electrons. The number of nitrogen functional groups attached to an aromatic ring is 1. The van der Waals surface area contributed by atoms with Gasteiger partial charge in [0.2, 0.25) is 0 Å². The Morgan fingerprint density at radius 1 is 1.65 bits per heavy atom. The average molecular weight is 257 g/mol. The number of amides is 1. The molecule has 17 heavy (non-hydrogen) atoms. The Labute approximate surface area is 105 Å². The highest BCUT2D eigenvalue weighted by Crippen LogP contribution is 2.23. The van der Waals surface area contributed by atoms with E-state index in [0.717, 1.165) is 23.5 Å². The van der Waals surface area contributed by atoms with Gasteiger partial charge in [-0.3, -0.25) is 10.2 Å². The number of hydrogen-bond acceptors (Lipinski definition) is 5. The summed E-state index contributed by atoms with van der Waals surface area (Å²) in [5, 5.41) is 0.484. The SMILES string of the molecule is Cc1cc(CSC(C)CCN)oc1C(=O)NN. The third kappa shape index (κ3) is 4.07. The molecule has 0 aliphatic rings. The molecule has 0 spiro atoms. The van der Waals surface area contributed by atoms with Crippen LogP contribution in [0.1, 0.15) is 35.2 Å². The number of aryl methyl sites for hydroxylation is 1. The molecule has 1 unspecified atom stereocenters. The Morgan fingerprint density at radius 2 is 2.35 bits per heavy atom. The lowest BCUT2D eigenvalue weighted by atomic mass is 10.2. The third-order valence-electron chi connectivity index (χ3n) is 2.39. The van der Waals surface area contributed by atoms with Crippen molar-refractivity contribution < 1.29 is 9.21 Å². The molecule has 0 aliphatic heterocycles. The quantitative estimate of drug-likeness (QED) is 0.404. The van der Waals surface area contributed by atoms with Gasteiger partial charge in [0.15, 0.2) is 5.76 Å². The number of carbonyl (C=O) groups excluding carboxylic acids is 1. The van der Waals surface area contributed by atoms with Crippen molar-refractivity contribution in [2.75, 3.05) is 6.54 Å². The molecule has 0 fully saturated rings. The van der Waals surface area contributed by atoms with Crippen LogP contribution in [-0.4, -0.2) is 17.7 Å². The van der Waals surface area contributed by atoms with E-state index in [0.29, 0.717) is 11.8 Å². The minimum absolute atomic E-state index is 0.287. The molecule has 1 amide bonds. The molecule has 0 saturated carbocycles. The van der Waals surface area contributed by atoms with E-state index >= 15 is 0 Å². The minimum atomic E-state index is -0.395. The van der Waals surface area contributed by atoms with Crippen LogP contribution in [0.2, 0.25) is 0 Å². The van der Waals surface area contributed by atoms with E-state index in [2.05, 4.69) is 12.3 Å². The number of hydrazine groups is 1. The Kier molecular flexibility index (Phi) is 5.54. The van der Waals surface area contributed by atoms with Crippen molar-refractivity contribution in [1.82, 2.24) is 5.43 Å². The van der Waals surface area contributed by atoms with Gasteiger partial charge in [0.25, 0.3) is 0 Å². The number of hydrogen-bond donors (Lipinski definition) is 3. The summed E-state index contributed by atoms with van der Waals surface area (Å²) in [5.74, 6) is 6.48. The van der Waals surface area contributed by atoms with Gasteiger partial charge in [-0.1, -0.05) is 6.92 Å². The van der Waals surface area contributed by atoms with E-state index in [1.807, 2.05) is 13.0 Å². The zero-order chi connectivity index (χ0) is 12.8. The maximum atomic E-state index is 11.3. The van der Waals surface area contributed by atoms with E-state index in [9.17, 15) is 4.79 Å². The lowest BCUT2D eigenvalue weighted by Crippen LogP contribution is -2.30. The Morgan fingerprint density at radius 3 is 2.94 bits per heavy atom. The molecule has 5 N–H and O–H groups in total. The van der Waals surface area contributed by atoms with Crippen LogP contribution in [0.4, 0.5) is 0 Å². The second-order valence-corrected chi connectivity index (χ2v) is 5.32. The lowest BCUT2D eigenvalue weighted by Gasteiger charge is -2.07. The van der Waals surface area contributed by atoms with Crippen molar-refractivity contribution in [3.05, 3.63) is 23.2 Å². The highest BCUT2D eigenvalue weighted by molar-refractivity contribution is 7.99. The highest BCUT2D eigenvalue weighted by Gasteiger charge is 2.15. The second-order valence-electron chi connectivity index (χ2n) is 3.90. The molecular formula is C11H19N3O2S. The van der Waals surface area contributed by atoms with Crippen molar-refractivity contribution in [1.29, 1.82) is 0 Å². The maximum absolute atomic E-state index is 11.3. The van der Waals surface area contributed by atoms with Gasteiger partial charge in [-0.25, -0.2) is 5.84 Å². The molecule has 0 bridgehead atoms. The number of furan rings is 1. The first-order valence-corrected chi connectivity index (χ1v) is 6.55. The maximum Gasteiger partial charge on any atom is 0.301 e. The normalized spacial score (nSPS) is 12.5. The van der Waals surface area contributed by atoms with Crippen LogP contribution in [0.3, 0.4) is 0 Å². The van der Waals surface area contributed by atoms with Gasteiger partial charge in [-0.2, -0.15) is 11.8 Å². The number of nitrogens with one attached hydrogen (secondary N) is 1. The van der Waals surface area contributed by atoms with E-state index < -0.39 is 5.91 Å². The van der Waals surface area contributed by atoms with Crippen molar-refractivity contribution >= 4 is 17.7 Å².